The molecule has 1 aliphatic heterocycles. The van der Waals surface area contributed by atoms with Crippen LogP contribution in [0.2, 0.25) is 0 Å². The summed E-state index contributed by atoms with van der Waals surface area (Å²) in [5.74, 6) is 0.536. The van der Waals surface area contributed by atoms with E-state index in [1.165, 1.54) is 0 Å². The molecule has 18 heavy (non-hydrogen) atoms. The third kappa shape index (κ3) is 2.93. The number of hydrogen-bond donors (Lipinski definition) is 1. The zero-order valence-electron chi connectivity index (χ0n) is 10.5. The number of nitrogens with zero attached hydrogens (tertiary/aromatic N) is 1. The fourth-order valence-electron chi connectivity index (χ4n) is 2.41. The molecule has 1 fully saturated rings. The van der Waals surface area contributed by atoms with Crippen molar-refractivity contribution in [3.8, 4) is 0 Å². The van der Waals surface area contributed by atoms with E-state index >= 15 is 0 Å². The molecular formula is C14H18BrNO2. The molecule has 0 aliphatic carbocycles. The van der Waals surface area contributed by atoms with Crippen molar-refractivity contribution in [1.29, 1.82) is 0 Å². The number of aryl methyl sites for hydroxylation is 1. The van der Waals surface area contributed by atoms with E-state index < -0.39 is 0 Å². The Balaban J connectivity index is 2.10. The van der Waals surface area contributed by atoms with E-state index in [-0.39, 0.29) is 12.5 Å². The van der Waals surface area contributed by atoms with Crippen LogP contribution in [0.15, 0.2) is 22.7 Å². The predicted molar refractivity (Wildman–Crippen MR) is 74.6 cm³/mol. The van der Waals surface area contributed by atoms with E-state index in [1.54, 1.807) is 0 Å². The number of hydrogen-bond acceptors (Lipinski definition) is 2. The molecule has 98 valence electrons. The fraction of sp³-hybridized carbons (Fsp3) is 0.500. The van der Waals surface area contributed by atoms with Crippen molar-refractivity contribution in [3.05, 3.63) is 33.8 Å². The maximum absolute atomic E-state index is 12.4. The molecule has 3 nitrogen and oxygen atoms in total. The zero-order valence-corrected chi connectivity index (χ0v) is 12.1. The predicted octanol–water partition coefficient (Wildman–Crippen LogP) is 2.60. The van der Waals surface area contributed by atoms with Gasteiger partial charge in [0, 0.05) is 24.2 Å². The quantitative estimate of drug-likeness (QED) is 0.932. The number of aliphatic hydroxyl groups is 1. The lowest BCUT2D eigenvalue weighted by molar-refractivity contribution is 0.0783. The fourth-order valence-corrected chi connectivity index (χ4v) is 2.82. The highest BCUT2D eigenvalue weighted by Crippen LogP contribution is 2.25. The van der Waals surface area contributed by atoms with Crippen molar-refractivity contribution < 1.29 is 9.90 Å². The topological polar surface area (TPSA) is 40.5 Å². The van der Waals surface area contributed by atoms with Gasteiger partial charge in [-0.05, 0) is 53.7 Å². The molecular weight excluding hydrogens is 294 g/mol. The van der Waals surface area contributed by atoms with Gasteiger partial charge in [0.1, 0.15) is 0 Å². The summed E-state index contributed by atoms with van der Waals surface area (Å²) < 4.78 is 0.851. The van der Waals surface area contributed by atoms with Crippen LogP contribution in [0.25, 0.3) is 0 Å². The number of amides is 1. The summed E-state index contributed by atoms with van der Waals surface area (Å²) in [5.41, 5.74) is 1.83. The molecule has 1 amide bonds. The van der Waals surface area contributed by atoms with Crippen molar-refractivity contribution in [2.75, 3.05) is 19.7 Å². The number of aliphatic hydroxyl groups excluding tert-OH is 1. The number of halogens is 1. The van der Waals surface area contributed by atoms with Crippen LogP contribution in [0.5, 0.6) is 0 Å². The number of likely N-dealkylation sites (tertiary alicyclic amines) is 1. The first-order valence-electron chi connectivity index (χ1n) is 6.28. The maximum Gasteiger partial charge on any atom is 0.255 e. The lowest BCUT2D eigenvalue weighted by atomic mass is 10.1. The molecule has 1 aromatic rings. The molecule has 1 aromatic carbocycles. The van der Waals surface area contributed by atoms with Crippen molar-refractivity contribution >= 4 is 21.8 Å². The van der Waals surface area contributed by atoms with Gasteiger partial charge in [0.2, 0.25) is 0 Å². The number of rotatable bonds is 3. The molecule has 2 rings (SSSR count). The molecule has 1 N–H and O–H groups in total. The Bertz CT molecular complexity index is 447. The molecule has 1 heterocycles. The number of benzene rings is 1. The molecule has 0 spiro atoms. The number of carbonyl (C=O) groups is 1. The van der Waals surface area contributed by atoms with Crippen molar-refractivity contribution in [1.82, 2.24) is 4.90 Å². The zero-order chi connectivity index (χ0) is 13.1. The van der Waals surface area contributed by atoms with Crippen molar-refractivity contribution in [2.45, 2.75) is 19.8 Å². The van der Waals surface area contributed by atoms with Gasteiger partial charge in [-0.25, -0.2) is 0 Å². The van der Waals surface area contributed by atoms with Crippen molar-refractivity contribution in [2.24, 2.45) is 5.92 Å². The summed E-state index contributed by atoms with van der Waals surface area (Å²) in [5, 5.41) is 8.94. The molecule has 0 saturated carbocycles. The van der Waals surface area contributed by atoms with Crippen LogP contribution in [-0.2, 0) is 0 Å². The molecule has 0 radical (unpaired) electrons. The maximum atomic E-state index is 12.4. The molecule has 1 aliphatic rings. The van der Waals surface area contributed by atoms with Gasteiger partial charge in [0.05, 0.1) is 5.56 Å². The SMILES string of the molecule is Cc1ccc(Br)c(C(=O)N2CCC(CCO)C2)c1. The smallest absolute Gasteiger partial charge is 0.255 e. The normalized spacial score (nSPS) is 19.3. The summed E-state index contributed by atoms with van der Waals surface area (Å²) in [6.45, 7) is 3.76. The highest BCUT2D eigenvalue weighted by Gasteiger charge is 2.27. The van der Waals surface area contributed by atoms with Crippen LogP contribution in [0.3, 0.4) is 0 Å². The first kappa shape index (κ1) is 13.6. The Hall–Kier alpha value is -0.870. The van der Waals surface area contributed by atoms with Crippen LogP contribution in [0.1, 0.15) is 28.8 Å². The molecule has 1 atom stereocenters. The summed E-state index contributed by atoms with van der Waals surface area (Å²) in [6, 6.07) is 5.83. The van der Waals surface area contributed by atoms with E-state index in [9.17, 15) is 4.79 Å². The van der Waals surface area contributed by atoms with Gasteiger partial charge in [-0.15, -0.1) is 0 Å². The minimum Gasteiger partial charge on any atom is -0.396 e. The second-order valence-corrected chi connectivity index (χ2v) is 5.76. The second kappa shape index (κ2) is 5.85. The third-order valence-corrected chi connectivity index (χ3v) is 4.15. The molecule has 1 unspecified atom stereocenters. The first-order valence-corrected chi connectivity index (χ1v) is 7.07. The Morgan fingerprint density at radius 1 is 1.56 bits per heavy atom. The minimum atomic E-state index is 0.0889. The van der Waals surface area contributed by atoms with Gasteiger partial charge in [-0.3, -0.25) is 4.79 Å². The lowest BCUT2D eigenvalue weighted by Gasteiger charge is -2.17. The largest absolute Gasteiger partial charge is 0.396 e. The Labute approximate surface area is 116 Å². The second-order valence-electron chi connectivity index (χ2n) is 4.90. The van der Waals surface area contributed by atoms with Gasteiger partial charge in [-0.1, -0.05) is 11.6 Å². The standard InChI is InChI=1S/C14H18BrNO2/c1-10-2-3-13(15)12(8-10)14(18)16-6-4-11(9-16)5-7-17/h2-3,8,11,17H,4-7,9H2,1H3. The first-order chi connectivity index (χ1) is 8.61. The molecule has 0 bridgehead atoms. The summed E-state index contributed by atoms with van der Waals surface area (Å²) in [6.07, 6.45) is 1.79. The highest BCUT2D eigenvalue weighted by molar-refractivity contribution is 9.10. The molecule has 0 aromatic heterocycles. The lowest BCUT2D eigenvalue weighted by Crippen LogP contribution is -2.29. The van der Waals surface area contributed by atoms with E-state index in [4.69, 9.17) is 5.11 Å². The van der Waals surface area contributed by atoms with Crippen LogP contribution >= 0.6 is 15.9 Å². The van der Waals surface area contributed by atoms with E-state index in [0.717, 1.165) is 41.5 Å². The minimum absolute atomic E-state index is 0.0889. The van der Waals surface area contributed by atoms with Crippen LogP contribution < -0.4 is 0 Å². The van der Waals surface area contributed by atoms with Crippen LogP contribution in [0, 0.1) is 12.8 Å². The van der Waals surface area contributed by atoms with Gasteiger partial charge in [0.25, 0.3) is 5.91 Å². The van der Waals surface area contributed by atoms with E-state index in [2.05, 4.69) is 15.9 Å². The summed E-state index contributed by atoms with van der Waals surface area (Å²) >= 11 is 3.44. The molecule has 1 saturated heterocycles. The molecule has 4 heteroatoms. The Morgan fingerprint density at radius 2 is 2.33 bits per heavy atom. The monoisotopic (exact) mass is 311 g/mol. The Kier molecular flexibility index (Phi) is 4.40. The van der Waals surface area contributed by atoms with Gasteiger partial charge in [-0.2, -0.15) is 0 Å². The Morgan fingerprint density at radius 3 is 3.06 bits per heavy atom. The third-order valence-electron chi connectivity index (χ3n) is 3.46. The summed E-state index contributed by atoms with van der Waals surface area (Å²) in [7, 11) is 0. The van der Waals surface area contributed by atoms with E-state index in [0.29, 0.717) is 5.92 Å². The summed E-state index contributed by atoms with van der Waals surface area (Å²) in [4.78, 5) is 14.3. The van der Waals surface area contributed by atoms with Crippen LogP contribution in [0.4, 0.5) is 0 Å². The van der Waals surface area contributed by atoms with Gasteiger partial charge in [0.15, 0.2) is 0 Å². The van der Waals surface area contributed by atoms with Crippen LogP contribution in [-0.4, -0.2) is 35.6 Å². The highest BCUT2D eigenvalue weighted by atomic mass is 79.9. The van der Waals surface area contributed by atoms with Gasteiger partial charge >= 0.3 is 0 Å². The average molecular weight is 312 g/mol. The number of carbonyl (C=O) groups excluding carboxylic acids is 1. The average Bonchev–Trinajstić information content (AvgIpc) is 2.80. The van der Waals surface area contributed by atoms with Crippen molar-refractivity contribution in [3.63, 3.8) is 0 Å². The van der Waals surface area contributed by atoms with E-state index in [1.807, 2.05) is 30.0 Å². The van der Waals surface area contributed by atoms with Gasteiger partial charge < -0.3 is 10.0 Å².